The molecule has 0 radical (unpaired) electrons. The molecule has 0 unspecified atom stereocenters. The van der Waals surface area contributed by atoms with Crippen LogP contribution in [0.3, 0.4) is 0 Å². The minimum absolute atomic E-state index is 0.283. The molecular weight excluding hydrogens is 190 g/mol. The van der Waals surface area contributed by atoms with Crippen molar-refractivity contribution < 1.29 is 9.90 Å². The maximum absolute atomic E-state index is 11.2. The van der Waals surface area contributed by atoms with Gasteiger partial charge in [-0.25, -0.2) is 4.79 Å². The Kier molecular flexibility index (Phi) is 2.98. The van der Waals surface area contributed by atoms with Crippen LogP contribution in [0.25, 0.3) is 0 Å². The van der Waals surface area contributed by atoms with Gasteiger partial charge in [0, 0.05) is 6.04 Å². The molecule has 3 nitrogen and oxygen atoms in total. The summed E-state index contributed by atoms with van der Waals surface area (Å²) in [6, 6.07) is 0.199. The van der Waals surface area contributed by atoms with Crippen LogP contribution in [-0.4, -0.2) is 28.1 Å². The van der Waals surface area contributed by atoms with E-state index in [1.807, 2.05) is 19.2 Å². The zero-order valence-electron chi connectivity index (χ0n) is 9.22. The van der Waals surface area contributed by atoms with Gasteiger partial charge in [-0.15, -0.1) is 0 Å². The molecule has 1 N–H and O–H groups in total. The molecule has 0 aromatic carbocycles. The highest BCUT2D eigenvalue weighted by Gasteiger charge is 2.43. The number of carbonyl (C=O) groups is 1. The van der Waals surface area contributed by atoms with Gasteiger partial charge in [0.1, 0.15) is 6.04 Å². The average Bonchev–Trinajstić information content (AvgIpc) is 2.58. The van der Waals surface area contributed by atoms with E-state index in [1.165, 1.54) is 25.7 Å². The van der Waals surface area contributed by atoms with E-state index < -0.39 is 5.97 Å². The molecule has 84 valence electrons. The fourth-order valence-corrected chi connectivity index (χ4v) is 3.11. The van der Waals surface area contributed by atoms with Crippen molar-refractivity contribution in [3.63, 3.8) is 0 Å². The van der Waals surface area contributed by atoms with E-state index >= 15 is 0 Å². The number of fused-ring (bicyclic) bond motifs is 1. The van der Waals surface area contributed by atoms with Gasteiger partial charge in [-0.3, -0.25) is 0 Å². The lowest BCUT2D eigenvalue weighted by molar-refractivity contribution is -0.141. The number of likely N-dealkylation sites (tertiary alicyclic amines) is 1. The average molecular weight is 209 g/mol. The maximum atomic E-state index is 11.2. The lowest BCUT2D eigenvalue weighted by Gasteiger charge is -2.31. The van der Waals surface area contributed by atoms with Gasteiger partial charge in [-0.05, 0) is 38.3 Å². The Balaban J connectivity index is 2.17. The third-order valence-electron chi connectivity index (χ3n) is 3.74. The molecular formula is C12H19NO2. The van der Waals surface area contributed by atoms with Crippen LogP contribution < -0.4 is 0 Å². The Labute approximate surface area is 90.8 Å². The summed E-state index contributed by atoms with van der Waals surface area (Å²) < 4.78 is 0. The highest BCUT2D eigenvalue weighted by atomic mass is 16.4. The second-order valence-corrected chi connectivity index (χ2v) is 4.63. The molecule has 2 fully saturated rings. The fourth-order valence-electron chi connectivity index (χ4n) is 3.11. The van der Waals surface area contributed by atoms with E-state index in [2.05, 4.69) is 4.90 Å². The van der Waals surface area contributed by atoms with Crippen molar-refractivity contribution in [2.24, 2.45) is 5.92 Å². The van der Waals surface area contributed by atoms with Gasteiger partial charge < -0.3 is 10.0 Å². The van der Waals surface area contributed by atoms with Gasteiger partial charge >= 0.3 is 5.97 Å². The summed E-state index contributed by atoms with van der Waals surface area (Å²) in [5.74, 6) is -0.0569. The summed E-state index contributed by atoms with van der Waals surface area (Å²) in [6.45, 7) is 1.95. The summed E-state index contributed by atoms with van der Waals surface area (Å²) in [7, 11) is 0. The van der Waals surface area contributed by atoms with Crippen LogP contribution in [0.1, 0.15) is 39.0 Å². The molecule has 0 spiro atoms. The summed E-state index contributed by atoms with van der Waals surface area (Å²) >= 11 is 0. The number of allylic oxidation sites excluding steroid dienone is 1. The van der Waals surface area contributed by atoms with Crippen LogP contribution >= 0.6 is 0 Å². The number of rotatable bonds is 2. The van der Waals surface area contributed by atoms with Crippen LogP contribution in [0.4, 0.5) is 0 Å². The van der Waals surface area contributed by atoms with Crippen molar-refractivity contribution in [3.8, 4) is 0 Å². The predicted molar refractivity (Wildman–Crippen MR) is 58.4 cm³/mol. The van der Waals surface area contributed by atoms with Crippen molar-refractivity contribution in [3.05, 3.63) is 12.3 Å². The molecule has 3 atom stereocenters. The first-order valence-corrected chi connectivity index (χ1v) is 5.87. The molecule has 1 saturated heterocycles. The highest BCUT2D eigenvalue weighted by Crippen LogP contribution is 2.39. The first kappa shape index (κ1) is 10.5. The maximum Gasteiger partial charge on any atom is 0.326 e. The monoisotopic (exact) mass is 209 g/mol. The van der Waals surface area contributed by atoms with Gasteiger partial charge in [0.15, 0.2) is 0 Å². The van der Waals surface area contributed by atoms with Crippen LogP contribution in [-0.2, 0) is 4.79 Å². The Hall–Kier alpha value is -0.990. The fraction of sp³-hybridized carbons (Fsp3) is 0.750. The number of nitrogens with zero attached hydrogens (tertiary/aromatic N) is 1. The van der Waals surface area contributed by atoms with E-state index in [-0.39, 0.29) is 6.04 Å². The minimum Gasteiger partial charge on any atom is -0.480 e. The molecule has 1 heterocycles. The summed E-state index contributed by atoms with van der Waals surface area (Å²) in [6.07, 6.45) is 9.66. The Bertz CT molecular complexity index is 275. The largest absolute Gasteiger partial charge is 0.480 e. The Morgan fingerprint density at radius 3 is 2.80 bits per heavy atom. The van der Waals surface area contributed by atoms with Crippen molar-refractivity contribution in [1.82, 2.24) is 4.90 Å². The molecule has 15 heavy (non-hydrogen) atoms. The van der Waals surface area contributed by atoms with Crippen LogP contribution in [0, 0.1) is 5.92 Å². The number of aliphatic carboxylic acids is 1. The van der Waals surface area contributed by atoms with E-state index in [9.17, 15) is 9.90 Å². The molecule has 3 heteroatoms. The predicted octanol–water partition coefficient (Wildman–Crippen LogP) is 2.24. The van der Waals surface area contributed by atoms with Crippen molar-refractivity contribution in [2.75, 3.05) is 0 Å². The highest BCUT2D eigenvalue weighted by molar-refractivity contribution is 5.74. The molecule has 0 bridgehead atoms. The van der Waals surface area contributed by atoms with E-state index in [4.69, 9.17) is 0 Å². The molecule has 1 aliphatic heterocycles. The number of hydrogen-bond acceptors (Lipinski definition) is 2. The van der Waals surface area contributed by atoms with Crippen molar-refractivity contribution >= 4 is 5.97 Å². The smallest absolute Gasteiger partial charge is 0.326 e. The SMILES string of the molecule is C/C=C/N1[C@@H]2CCCC[C@H]2C[C@H]1C(=O)O. The number of carboxylic acids is 1. The minimum atomic E-state index is -0.664. The first-order valence-electron chi connectivity index (χ1n) is 5.87. The molecule has 0 aromatic heterocycles. The summed E-state index contributed by atoms with van der Waals surface area (Å²) in [5, 5.41) is 9.18. The second kappa shape index (κ2) is 4.25. The lowest BCUT2D eigenvalue weighted by Crippen LogP contribution is -2.38. The third-order valence-corrected chi connectivity index (χ3v) is 3.74. The quantitative estimate of drug-likeness (QED) is 0.758. The van der Waals surface area contributed by atoms with Crippen molar-refractivity contribution in [1.29, 1.82) is 0 Å². The van der Waals surface area contributed by atoms with Gasteiger partial charge in [0.25, 0.3) is 0 Å². The summed E-state index contributed by atoms with van der Waals surface area (Å²) in [5.41, 5.74) is 0. The third kappa shape index (κ3) is 1.87. The number of carboxylic acid groups (broad SMARTS) is 1. The zero-order valence-corrected chi connectivity index (χ0v) is 9.22. The molecule has 2 rings (SSSR count). The first-order chi connectivity index (χ1) is 7.24. The molecule has 2 aliphatic rings. The Morgan fingerprint density at radius 2 is 2.13 bits per heavy atom. The van der Waals surface area contributed by atoms with E-state index in [1.54, 1.807) is 0 Å². The standard InChI is InChI=1S/C12H19NO2/c1-2-7-13-10-6-4-3-5-9(10)8-11(13)12(14)15/h2,7,9-11H,3-6,8H2,1H3,(H,14,15)/b7-2+/t9-,10+,11-/m0/s1. The van der Waals surface area contributed by atoms with E-state index in [0.29, 0.717) is 12.0 Å². The molecule has 0 aromatic rings. The molecule has 0 amide bonds. The topological polar surface area (TPSA) is 40.5 Å². The molecule has 1 saturated carbocycles. The van der Waals surface area contributed by atoms with Gasteiger partial charge in [0.05, 0.1) is 0 Å². The van der Waals surface area contributed by atoms with Crippen LogP contribution in [0.15, 0.2) is 12.3 Å². The van der Waals surface area contributed by atoms with Crippen molar-refractivity contribution in [2.45, 2.75) is 51.1 Å². The Morgan fingerprint density at radius 1 is 1.40 bits per heavy atom. The normalized spacial score (nSPS) is 35.8. The second-order valence-electron chi connectivity index (χ2n) is 4.63. The van der Waals surface area contributed by atoms with Gasteiger partial charge in [-0.2, -0.15) is 0 Å². The van der Waals surface area contributed by atoms with Gasteiger partial charge in [0.2, 0.25) is 0 Å². The summed E-state index contributed by atoms with van der Waals surface area (Å²) in [4.78, 5) is 13.2. The molecule has 1 aliphatic carbocycles. The van der Waals surface area contributed by atoms with Crippen LogP contribution in [0.5, 0.6) is 0 Å². The zero-order chi connectivity index (χ0) is 10.8. The van der Waals surface area contributed by atoms with E-state index in [0.717, 1.165) is 6.42 Å². The lowest BCUT2D eigenvalue weighted by atomic mass is 9.85. The van der Waals surface area contributed by atoms with Gasteiger partial charge in [-0.1, -0.05) is 18.9 Å². The van der Waals surface area contributed by atoms with Crippen LogP contribution in [0.2, 0.25) is 0 Å². The number of hydrogen-bond donors (Lipinski definition) is 1.